The lowest BCUT2D eigenvalue weighted by Gasteiger charge is -2.29. The van der Waals surface area contributed by atoms with Gasteiger partial charge in [0, 0.05) is 11.5 Å². The molecule has 0 atom stereocenters. The Morgan fingerprint density at radius 1 is 0.697 bits per heavy atom. The van der Waals surface area contributed by atoms with Gasteiger partial charge in [-0.25, -0.2) is 0 Å². The first-order valence-corrected chi connectivity index (χ1v) is 10.7. The monoisotopic (exact) mass is 444 g/mol. The van der Waals surface area contributed by atoms with Crippen LogP contribution in [0.1, 0.15) is 11.1 Å². The van der Waals surface area contributed by atoms with Crippen LogP contribution in [-0.2, 0) is 0 Å². The Morgan fingerprint density at radius 3 is 1.45 bits per heavy atom. The lowest BCUT2D eigenvalue weighted by Crippen LogP contribution is -2.32. The van der Waals surface area contributed by atoms with Gasteiger partial charge in [-0.1, -0.05) is 48.6 Å². The zero-order chi connectivity index (χ0) is 23.4. The topological polar surface area (TPSA) is 57.2 Å². The number of hydrogen-bond donors (Lipinski definition) is 1. The summed E-state index contributed by atoms with van der Waals surface area (Å²) < 4.78 is 23.0. The molecule has 0 bridgehead atoms. The predicted octanol–water partition coefficient (Wildman–Crippen LogP) is 5.12. The molecule has 0 aromatic heterocycles. The summed E-state index contributed by atoms with van der Waals surface area (Å²) in [5.74, 6) is 2.48. The standard InChI is InChI=1S/C28H28O5/c1-30-21-11-7-12-22(31-2)26(21)25(27-23(32-3)13-8-14-24(27)33-4)19-15-17-28(29,18-16-19)20-9-5-6-10-20/h5-18,20,29H,1-4H3. The fourth-order valence-electron chi connectivity index (χ4n) is 4.30. The summed E-state index contributed by atoms with van der Waals surface area (Å²) >= 11 is 0. The highest BCUT2D eigenvalue weighted by atomic mass is 16.5. The molecule has 0 saturated carbocycles. The van der Waals surface area contributed by atoms with Crippen LogP contribution in [0.25, 0.3) is 5.57 Å². The van der Waals surface area contributed by atoms with Crippen molar-refractivity contribution in [2.24, 2.45) is 5.92 Å². The molecule has 0 unspecified atom stereocenters. The zero-order valence-electron chi connectivity index (χ0n) is 19.2. The number of ether oxygens (including phenoxy) is 4. The number of methoxy groups -OCH3 is 4. The van der Waals surface area contributed by atoms with Gasteiger partial charge >= 0.3 is 0 Å². The van der Waals surface area contributed by atoms with Crippen molar-refractivity contribution in [3.8, 4) is 23.0 Å². The third-order valence-electron chi connectivity index (χ3n) is 5.99. The van der Waals surface area contributed by atoms with Crippen LogP contribution in [0.15, 0.2) is 90.6 Å². The Hall–Kier alpha value is -3.70. The van der Waals surface area contributed by atoms with E-state index in [1.165, 1.54) is 0 Å². The number of rotatable bonds is 7. The molecule has 0 radical (unpaired) electrons. The predicted molar refractivity (Wildman–Crippen MR) is 130 cm³/mol. The molecule has 2 aromatic rings. The van der Waals surface area contributed by atoms with Crippen LogP contribution in [-0.4, -0.2) is 39.1 Å². The molecule has 2 aliphatic carbocycles. The molecule has 33 heavy (non-hydrogen) atoms. The fourth-order valence-corrected chi connectivity index (χ4v) is 4.30. The molecule has 2 aliphatic rings. The maximum atomic E-state index is 11.2. The van der Waals surface area contributed by atoms with Crippen molar-refractivity contribution in [2.75, 3.05) is 28.4 Å². The van der Waals surface area contributed by atoms with Crippen molar-refractivity contribution in [2.45, 2.75) is 5.60 Å². The van der Waals surface area contributed by atoms with E-state index in [4.69, 9.17) is 18.9 Å². The second-order valence-corrected chi connectivity index (χ2v) is 7.75. The van der Waals surface area contributed by atoms with Gasteiger partial charge in [-0.3, -0.25) is 0 Å². The lowest BCUT2D eigenvalue weighted by atomic mass is 9.81. The van der Waals surface area contributed by atoms with Crippen molar-refractivity contribution in [3.63, 3.8) is 0 Å². The highest BCUT2D eigenvalue weighted by Gasteiger charge is 2.32. The van der Waals surface area contributed by atoms with Gasteiger partial charge in [0.25, 0.3) is 0 Å². The summed E-state index contributed by atoms with van der Waals surface area (Å²) in [6.45, 7) is 0. The molecule has 0 aliphatic heterocycles. The van der Waals surface area contributed by atoms with Gasteiger partial charge in [-0.2, -0.15) is 0 Å². The molecular weight excluding hydrogens is 416 g/mol. The molecule has 0 heterocycles. The van der Waals surface area contributed by atoms with Gasteiger partial charge in [-0.15, -0.1) is 0 Å². The Labute approximate surface area is 194 Å². The highest BCUT2D eigenvalue weighted by Crippen LogP contribution is 2.47. The first-order valence-electron chi connectivity index (χ1n) is 10.7. The van der Waals surface area contributed by atoms with E-state index in [1.807, 2.05) is 85.0 Å². The van der Waals surface area contributed by atoms with Gasteiger partial charge in [0.15, 0.2) is 0 Å². The van der Waals surface area contributed by atoms with Crippen LogP contribution in [0.2, 0.25) is 0 Å². The van der Waals surface area contributed by atoms with E-state index >= 15 is 0 Å². The zero-order valence-corrected chi connectivity index (χ0v) is 19.2. The lowest BCUT2D eigenvalue weighted by molar-refractivity contribution is 0.116. The average Bonchev–Trinajstić information content (AvgIpc) is 3.41. The minimum atomic E-state index is -1.10. The Morgan fingerprint density at radius 2 is 1.09 bits per heavy atom. The summed E-state index contributed by atoms with van der Waals surface area (Å²) in [6.07, 6.45) is 15.3. The molecular formula is C28H28O5. The van der Waals surface area contributed by atoms with Crippen molar-refractivity contribution in [1.82, 2.24) is 0 Å². The molecule has 4 rings (SSSR count). The maximum Gasteiger partial charge on any atom is 0.130 e. The van der Waals surface area contributed by atoms with Crippen molar-refractivity contribution in [1.29, 1.82) is 0 Å². The minimum absolute atomic E-state index is 0.114. The van der Waals surface area contributed by atoms with Crippen LogP contribution < -0.4 is 18.9 Å². The SMILES string of the molecule is COc1cccc(OC)c1C(=C1C=CC(O)(C2C=CC=C2)C=C1)c1c(OC)cccc1OC. The molecule has 2 aromatic carbocycles. The number of hydrogen-bond acceptors (Lipinski definition) is 5. The fraction of sp³-hybridized carbons (Fsp3) is 0.214. The van der Waals surface area contributed by atoms with E-state index in [0.717, 1.165) is 22.3 Å². The molecule has 0 spiro atoms. The van der Waals surface area contributed by atoms with Gasteiger partial charge in [0.2, 0.25) is 0 Å². The molecule has 5 heteroatoms. The summed E-state index contributed by atoms with van der Waals surface area (Å²) in [5.41, 5.74) is 2.09. The highest BCUT2D eigenvalue weighted by molar-refractivity contribution is 5.94. The third kappa shape index (κ3) is 4.08. The van der Waals surface area contributed by atoms with Crippen LogP contribution in [0.5, 0.6) is 23.0 Å². The van der Waals surface area contributed by atoms with Gasteiger partial charge in [-0.05, 0) is 42.0 Å². The summed E-state index contributed by atoms with van der Waals surface area (Å²) in [5, 5.41) is 11.2. The molecule has 5 nitrogen and oxygen atoms in total. The average molecular weight is 445 g/mol. The summed E-state index contributed by atoms with van der Waals surface area (Å²) in [4.78, 5) is 0. The smallest absolute Gasteiger partial charge is 0.130 e. The van der Waals surface area contributed by atoms with Crippen molar-refractivity contribution < 1.29 is 24.1 Å². The van der Waals surface area contributed by atoms with Crippen molar-refractivity contribution >= 4 is 5.57 Å². The van der Waals surface area contributed by atoms with Gasteiger partial charge in [0.05, 0.1) is 39.6 Å². The number of benzene rings is 2. The first kappa shape index (κ1) is 22.5. The third-order valence-corrected chi connectivity index (χ3v) is 5.99. The van der Waals surface area contributed by atoms with E-state index in [9.17, 15) is 5.11 Å². The van der Waals surface area contributed by atoms with E-state index < -0.39 is 5.60 Å². The van der Waals surface area contributed by atoms with Crippen LogP contribution in [0.3, 0.4) is 0 Å². The quantitative estimate of drug-likeness (QED) is 0.642. The normalized spacial score (nSPS) is 19.1. The molecule has 170 valence electrons. The second-order valence-electron chi connectivity index (χ2n) is 7.75. The Bertz CT molecular complexity index is 1050. The Balaban J connectivity index is 2.01. The van der Waals surface area contributed by atoms with Gasteiger partial charge < -0.3 is 24.1 Å². The summed E-state index contributed by atoms with van der Waals surface area (Å²) in [6, 6.07) is 11.3. The molecule has 0 saturated heterocycles. The maximum absolute atomic E-state index is 11.2. The van der Waals surface area contributed by atoms with Crippen LogP contribution in [0.4, 0.5) is 0 Å². The number of allylic oxidation sites excluding steroid dienone is 5. The van der Waals surface area contributed by atoms with E-state index in [1.54, 1.807) is 28.4 Å². The largest absolute Gasteiger partial charge is 0.496 e. The minimum Gasteiger partial charge on any atom is -0.496 e. The second kappa shape index (κ2) is 9.43. The number of aliphatic hydroxyl groups is 1. The van der Waals surface area contributed by atoms with E-state index in [2.05, 4.69) is 0 Å². The van der Waals surface area contributed by atoms with E-state index in [-0.39, 0.29) is 5.92 Å². The van der Waals surface area contributed by atoms with E-state index in [0.29, 0.717) is 23.0 Å². The Kier molecular flexibility index (Phi) is 6.43. The summed E-state index contributed by atoms with van der Waals surface area (Å²) in [7, 11) is 6.52. The molecule has 0 fully saturated rings. The van der Waals surface area contributed by atoms with Gasteiger partial charge in [0.1, 0.15) is 28.6 Å². The first-order chi connectivity index (χ1) is 16.1. The van der Waals surface area contributed by atoms with Crippen molar-refractivity contribution in [3.05, 3.63) is 102 Å². The van der Waals surface area contributed by atoms with Crippen LogP contribution in [0, 0.1) is 5.92 Å². The molecule has 1 N–H and O–H groups in total. The molecule has 0 amide bonds. The van der Waals surface area contributed by atoms with Crippen LogP contribution >= 0.6 is 0 Å².